The van der Waals surface area contributed by atoms with Crippen molar-refractivity contribution in [3.63, 3.8) is 0 Å². The third kappa shape index (κ3) is 3.39. The monoisotopic (exact) mass is 278 g/mol. The SMILES string of the molecule is CCCNc1cc(N(C)C2CCOC2C)nc(CC)n1. The standard InChI is InChI=1S/C15H26N4O/c1-5-8-16-14-10-15(18-13(6-2)17-14)19(4)12-7-9-20-11(12)3/h10-12H,5-9H2,1-4H3,(H,16,17,18). The smallest absolute Gasteiger partial charge is 0.134 e. The van der Waals surface area contributed by atoms with Crippen LogP contribution in [0.4, 0.5) is 11.6 Å². The number of hydrogen-bond acceptors (Lipinski definition) is 5. The molecule has 2 heterocycles. The van der Waals surface area contributed by atoms with Crippen LogP contribution in [0.2, 0.25) is 0 Å². The summed E-state index contributed by atoms with van der Waals surface area (Å²) in [4.78, 5) is 11.4. The van der Waals surface area contributed by atoms with Crippen molar-refractivity contribution in [3.05, 3.63) is 11.9 Å². The van der Waals surface area contributed by atoms with Gasteiger partial charge in [0.05, 0.1) is 12.1 Å². The normalized spacial score (nSPS) is 22.0. The van der Waals surface area contributed by atoms with Crippen molar-refractivity contribution in [1.29, 1.82) is 0 Å². The van der Waals surface area contributed by atoms with Crippen LogP contribution in [0.3, 0.4) is 0 Å². The molecule has 1 aliphatic rings. The number of nitrogens with zero attached hydrogens (tertiary/aromatic N) is 3. The van der Waals surface area contributed by atoms with Crippen molar-refractivity contribution in [2.45, 2.75) is 52.2 Å². The van der Waals surface area contributed by atoms with Crippen LogP contribution >= 0.6 is 0 Å². The largest absolute Gasteiger partial charge is 0.376 e. The van der Waals surface area contributed by atoms with E-state index in [1.54, 1.807) is 0 Å². The minimum absolute atomic E-state index is 0.257. The highest BCUT2D eigenvalue weighted by Gasteiger charge is 2.29. The van der Waals surface area contributed by atoms with E-state index in [0.29, 0.717) is 6.04 Å². The number of aryl methyl sites for hydroxylation is 1. The quantitative estimate of drug-likeness (QED) is 0.866. The molecule has 1 saturated heterocycles. The van der Waals surface area contributed by atoms with E-state index in [4.69, 9.17) is 4.74 Å². The first-order valence-corrected chi connectivity index (χ1v) is 7.62. The molecule has 20 heavy (non-hydrogen) atoms. The summed E-state index contributed by atoms with van der Waals surface area (Å²) in [6.07, 6.45) is 3.25. The van der Waals surface area contributed by atoms with Crippen LogP contribution in [-0.4, -0.2) is 42.3 Å². The van der Waals surface area contributed by atoms with Crippen LogP contribution in [-0.2, 0) is 11.2 Å². The molecule has 0 saturated carbocycles. The van der Waals surface area contributed by atoms with Crippen molar-refractivity contribution in [2.24, 2.45) is 0 Å². The zero-order chi connectivity index (χ0) is 14.5. The van der Waals surface area contributed by atoms with Crippen LogP contribution in [0, 0.1) is 0 Å². The molecule has 0 radical (unpaired) electrons. The first-order valence-electron chi connectivity index (χ1n) is 7.62. The molecule has 1 fully saturated rings. The van der Waals surface area contributed by atoms with Crippen LogP contribution in [0.1, 0.15) is 39.4 Å². The summed E-state index contributed by atoms with van der Waals surface area (Å²) in [6, 6.07) is 2.44. The molecule has 0 amide bonds. The Kier molecular flexibility index (Phi) is 5.17. The lowest BCUT2D eigenvalue weighted by Crippen LogP contribution is -2.37. The van der Waals surface area contributed by atoms with E-state index in [0.717, 1.165) is 49.9 Å². The topological polar surface area (TPSA) is 50.3 Å². The third-order valence-electron chi connectivity index (χ3n) is 3.83. The van der Waals surface area contributed by atoms with E-state index in [9.17, 15) is 0 Å². The van der Waals surface area contributed by atoms with Gasteiger partial charge in [-0.05, 0) is 19.8 Å². The second kappa shape index (κ2) is 6.88. The number of ether oxygens (including phenoxy) is 1. The Morgan fingerprint density at radius 2 is 2.20 bits per heavy atom. The van der Waals surface area contributed by atoms with Crippen molar-refractivity contribution in [3.8, 4) is 0 Å². The molecule has 0 aromatic carbocycles. The number of anilines is 2. The average Bonchev–Trinajstić information content (AvgIpc) is 2.90. The predicted molar refractivity (Wildman–Crippen MR) is 82.4 cm³/mol. The summed E-state index contributed by atoms with van der Waals surface area (Å²) in [5.41, 5.74) is 0. The van der Waals surface area contributed by atoms with Gasteiger partial charge >= 0.3 is 0 Å². The molecular formula is C15H26N4O. The van der Waals surface area contributed by atoms with Crippen molar-refractivity contribution in [2.75, 3.05) is 30.4 Å². The second-order valence-electron chi connectivity index (χ2n) is 5.35. The van der Waals surface area contributed by atoms with Gasteiger partial charge < -0.3 is 15.0 Å². The average molecular weight is 278 g/mol. The molecule has 1 aromatic rings. The molecule has 1 aromatic heterocycles. The molecule has 112 valence electrons. The molecule has 5 nitrogen and oxygen atoms in total. The fourth-order valence-corrected chi connectivity index (χ4v) is 2.56. The van der Waals surface area contributed by atoms with Crippen LogP contribution < -0.4 is 10.2 Å². The van der Waals surface area contributed by atoms with Crippen LogP contribution in [0.15, 0.2) is 6.07 Å². The van der Waals surface area contributed by atoms with Gasteiger partial charge in [0.1, 0.15) is 17.5 Å². The Bertz CT molecular complexity index is 438. The third-order valence-corrected chi connectivity index (χ3v) is 3.83. The van der Waals surface area contributed by atoms with Gasteiger partial charge in [-0.25, -0.2) is 9.97 Å². The minimum Gasteiger partial charge on any atom is -0.376 e. The summed E-state index contributed by atoms with van der Waals surface area (Å²) >= 11 is 0. The van der Waals surface area contributed by atoms with Crippen molar-refractivity contribution < 1.29 is 4.74 Å². The number of nitrogens with one attached hydrogen (secondary N) is 1. The summed E-state index contributed by atoms with van der Waals surface area (Å²) in [5.74, 6) is 2.80. The zero-order valence-electron chi connectivity index (χ0n) is 13.0. The highest BCUT2D eigenvalue weighted by molar-refractivity contribution is 5.50. The Morgan fingerprint density at radius 1 is 1.40 bits per heavy atom. The van der Waals surface area contributed by atoms with E-state index in [1.807, 2.05) is 6.07 Å². The maximum absolute atomic E-state index is 5.66. The van der Waals surface area contributed by atoms with Crippen molar-refractivity contribution in [1.82, 2.24) is 9.97 Å². The van der Waals surface area contributed by atoms with Gasteiger partial charge in [-0.2, -0.15) is 0 Å². The first-order chi connectivity index (χ1) is 9.65. The maximum atomic E-state index is 5.66. The van der Waals surface area contributed by atoms with Crippen LogP contribution in [0.5, 0.6) is 0 Å². The summed E-state index contributed by atoms with van der Waals surface area (Å²) < 4.78 is 5.66. The second-order valence-corrected chi connectivity index (χ2v) is 5.35. The molecule has 0 bridgehead atoms. The van der Waals surface area contributed by atoms with E-state index in [1.165, 1.54) is 0 Å². The lowest BCUT2D eigenvalue weighted by molar-refractivity contribution is 0.118. The van der Waals surface area contributed by atoms with Gasteiger partial charge in [-0.1, -0.05) is 13.8 Å². The highest BCUT2D eigenvalue weighted by Crippen LogP contribution is 2.24. The molecular weight excluding hydrogens is 252 g/mol. The summed E-state index contributed by atoms with van der Waals surface area (Å²) in [6.45, 7) is 8.14. The Morgan fingerprint density at radius 3 is 2.80 bits per heavy atom. The van der Waals surface area contributed by atoms with Gasteiger partial charge in [0, 0.05) is 32.7 Å². The molecule has 2 unspecified atom stereocenters. The van der Waals surface area contributed by atoms with E-state index >= 15 is 0 Å². The molecule has 0 spiro atoms. The lowest BCUT2D eigenvalue weighted by atomic mass is 10.1. The number of hydrogen-bond donors (Lipinski definition) is 1. The van der Waals surface area contributed by atoms with Gasteiger partial charge in [0.15, 0.2) is 0 Å². The molecule has 0 aliphatic carbocycles. The number of aromatic nitrogens is 2. The molecule has 1 N–H and O–H groups in total. The minimum atomic E-state index is 0.257. The fourth-order valence-electron chi connectivity index (χ4n) is 2.56. The number of likely N-dealkylation sites (N-methyl/N-ethyl adjacent to an activating group) is 1. The summed E-state index contributed by atoms with van der Waals surface area (Å²) in [7, 11) is 2.10. The van der Waals surface area contributed by atoms with E-state index < -0.39 is 0 Å². The maximum Gasteiger partial charge on any atom is 0.134 e. The molecule has 2 atom stereocenters. The summed E-state index contributed by atoms with van der Waals surface area (Å²) in [5, 5.41) is 3.36. The number of rotatable bonds is 6. The first kappa shape index (κ1) is 15.0. The van der Waals surface area contributed by atoms with E-state index in [-0.39, 0.29) is 6.10 Å². The van der Waals surface area contributed by atoms with Gasteiger partial charge in [0.25, 0.3) is 0 Å². The zero-order valence-corrected chi connectivity index (χ0v) is 13.0. The molecule has 2 rings (SSSR count). The highest BCUT2D eigenvalue weighted by atomic mass is 16.5. The molecule has 1 aliphatic heterocycles. The fraction of sp³-hybridized carbons (Fsp3) is 0.733. The molecule has 5 heteroatoms. The van der Waals surface area contributed by atoms with Gasteiger partial charge in [0.2, 0.25) is 0 Å². The Hall–Kier alpha value is -1.36. The Balaban J connectivity index is 2.20. The van der Waals surface area contributed by atoms with Crippen LogP contribution in [0.25, 0.3) is 0 Å². The predicted octanol–water partition coefficient (Wildman–Crippen LogP) is 2.47. The van der Waals surface area contributed by atoms with Crippen molar-refractivity contribution >= 4 is 11.6 Å². The Labute approximate surface area is 121 Å². The van der Waals surface area contributed by atoms with Gasteiger partial charge in [-0.3, -0.25) is 0 Å². The van der Waals surface area contributed by atoms with E-state index in [2.05, 4.69) is 48.0 Å². The van der Waals surface area contributed by atoms with Gasteiger partial charge in [-0.15, -0.1) is 0 Å². The lowest BCUT2D eigenvalue weighted by Gasteiger charge is -2.28.